The van der Waals surface area contributed by atoms with Gasteiger partial charge in [-0.05, 0) is 37.1 Å². The second-order valence-electron chi connectivity index (χ2n) is 5.61. The highest BCUT2D eigenvalue weighted by Gasteiger charge is 2.15. The molecule has 0 bridgehead atoms. The predicted molar refractivity (Wildman–Crippen MR) is 97.2 cm³/mol. The van der Waals surface area contributed by atoms with Crippen LogP contribution in [0.2, 0.25) is 4.34 Å². The van der Waals surface area contributed by atoms with Crippen molar-refractivity contribution in [3.05, 3.63) is 56.7 Å². The molecule has 1 aromatic heterocycles. The summed E-state index contributed by atoms with van der Waals surface area (Å²) in [5, 5.41) is 3.33. The summed E-state index contributed by atoms with van der Waals surface area (Å²) in [6, 6.07) is 11.4. The van der Waals surface area contributed by atoms with Crippen LogP contribution in [0.15, 0.2) is 36.4 Å². The van der Waals surface area contributed by atoms with Crippen LogP contribution in [0.4, 0.5) is 0 Å². The molecule has 0 aliphatic rings. The minimum Gasteiger partial charge on any atom is -0.308 e. The number of hydrogen-bond acceptors (Lipinski definition) is 4. The summed E-state index contributed by atoms with van der Waals surface area (Å²) in [7, 11) is -3.32. The molecule has 126 valence electrons. The van der Waals surface area contributed by atoms with Crippen LogP contribution in [0.3, 0.4) is 0 Å². The van der Waals surface area contributed by atoms with Gasteiger partial charge in [0.2, 0.25) is 10.0 Å². The minimum absolute atomic E-state index is 0.00609. The molecule has 23 heavy (non-hydrogen) atoms. The number of thiophene rings is 1. The molecule has 1 heterocycles. The number of sulfonamides is 1. The molecular formula is C16H21ClN2O2S2. The van der Waals surface area contributed by atoms with Crippen LogP contribution in [-0.4, -0.2) is 14.5 Å². The van der Waals surface area contributed by atoms with Gasteiger partial charge in [-0.2, -0.15) is 0 Å². The van der Waals surface area contributed by atoms with Crippen LogP contribution in [-0.2, 0) is 28.9 Å². The fourth-order valence-electron chi connectivity index (χ4n) is 2.24. The van der Waals surface area contributed by atoms with E-state index in [0.29, 0.717) is 13.1 Å². The molecule has 0 spiro atoms. The smallest absolute Gasteiger partial charge is 0.216 e. The van der Waals surface area contributed by atoms with Crippen LogP contribution >= 0.6 is 22.9 Å². The molecule has 2 aromatic rings. The maximum Gasteiger partial charge on any atom is 0.216 e. The van der Waals surface area contributed by atoms with Crippen molar-refractivity contribution in [1.29, 1.82) is 0 Å². The Labute approximate surface area is 146 Å². The van der Waals surface area contributed by atoms with Crippen LogP contribution in [0.5, 0.6) is 0 Å². The first kappa shape index (κ1) is 18.4. The average molecular weight is 373 g/mol. The van der Waals surface area contributed by atoms with Gasteiger partial charge in [-0.1, -0.05) is 35.9 Å². The van der Waals surface area contributed by atoms with Gasteiger partial charge in [0.25, 0.3) is 0 Å². The first-order chi connectivity index (χ1) is 10.9. The third-order valence-electron chi connectivity index (χ3n) is 3.12. The Kier molecular flexibility index (Phi) is 6.61. The van der Waals surface area contributed by atoms with Crippen molar-refractivity contribution >= 4 is 33.0 Å². The Bertz CT molecular complexity index is 742. The number of rotatable bonds is 8. The van der Waals surface area contributed by atoms with E-state index in [1.807, 2.05) is 50.2 Å². The molecule has 2 N–H and O–H groups in total. The van der Waals surface area contributed by atoms with Gasteiger partial charge in [0.05, 0.1) is 10.1 Å². The van der Waals surface area contributed by atoms with E-state index >= 15 is 0 Å². The molecule has 7 heteroatoms. The number of nitrogens with one attached hydrogen (secondary N) is 2. The second-order valence-corrected chi connectivity index (χ2v) is 9.16. The van der Waals surface area contributed by atoms with E-state index in [2.05, 4.69) is 10.0 Å². The van der Waals surface area contributed by atoms with E-state index < -0.39 is 10.0 Å². The van der Waals surface area contributed by atoms with Gasteiger partial charge in [-0.25, -0.2) is 13.1 Å². The molecule has 0 atom stereocenters. The van der Waals surface area contributed by atoms with Gasteiger partial charge in [-0.3, -0.25) is 0 Å². The molecule has 0 fully saturated rings. The SMILES string of the molecule is CC(C)NS(=O)(=O)Cc1ccccc1CNCc1ccc(Cl)s1. The van der Waals surface area contributed by atoms with Crippen LogP contribution in [0.1, 0.15) is 29.9 Å². The molecule has 2 rings (SSSR count). The Morgan fingerprint density at radius 3 is 2.39 bits per heavy atom. The lowest BCUT2D eigenvalue weighted by atomic mass is 10.1. The standard InChI is InChI=1S/C16H21ClN2O2S2/c1-12(2)19-23(20,21)11-14-6-4-3-5-13(14)9-18-10-15-7-8-16(17)22-15/h3-8,12,18-19H,9-11H2,1-2H3. The van der Waals surface area contributed by atoms with Gasteiger partial charge in [-0.15, -0.1) is 11.3 Å². The largest absolute Gasteiger partial charge is 0.308 e. The third-order valence-corrected chi connectivity index (χ3v) is 5.88. The summed E-state index contributed by atoms with van der Waals surface area (Å²) in [4.78, 5) is 1.15. The lowest BCUT2D eigenvalue weighted by Gasteiger charge is -2.13. The van der Waals surface area contributed by atoms with Crippen molar-refractivity contribution in [1.82, 2.24) is 10.0 Å². The lowest BCUT2D eigenvalue weighted by Crippen LogP contribution is -2.31. The Morgan fingerprint density at radius 1 is 1.09 bits per heavy atom. The summed E-state index contributed by atoms with van der Waals surface area (Å²) in [6.45, 7) is 4.96. The van der Waals surface area contributed by atoms with Crippen molar-refractivity contribution in [3.8, 4) is 0 Å². The monoisotopic (exact) mass is 372 g/mol. The van der Waals surface area contributed by atoms with Gasteiger partial charge >= 0.3 is 0 Å². The van der Waals surface area contributed by atoms with Crippen molar-refractivity contribution in [2.75, 3.05) is 0 Å². The van der Waals surface area contributed by atoms with E-state index in [1.54, 1.807) is 11.3 Å². The topological polar surface area (TPSA) is 58.2 Å². The summed E-state index contributed by atoms with van der Waals surface area (Å²) in [6.07, 6.45) is 0. The summed E-state index contributed by atoms with van der Waals surface area (Å²) in [5.41, 5.74) is 1.81. The minimum atomic E-state index is -3.32. The zero-order valence-corrected chi connectivity index (χ0v) is 15.6. The maximum absolute atomic E-state index is 12.1. The molecule has 4 nitrogen and oxygen atoms in total. The van der Waals surface area contributed by atoms with Gasteiger partial charge in [0, 0.05) is 24.0 Å². The highest BCUT2D eigenvalue weighted by molar-refractivity contribution is 7.88. The summed E-state index contributed by atoms with van der Waals surface area (Å²) < 4.78 is 27.6. The van der Waals surface area contributed by atoms with E-state index in [0.717, 1.165) is 20.3 Å². The van der Waals surface area contributed by atoms with Crippen molar-refractivity contribution in [2.45, 2.75) is 38.7 Å². The molecule has 0 unspecified atom stereocenters. The van der Waals surface area contributed by atoms with E-state index in [-0.39, 0.29) is 11.8 Å². The lowest BCUT2D eigenvalue weighted by molar-refractivity contribution is 0.568. The summed E-state index contributed by atoms with van der Waals surface area (Å²) >= 11 is 7.45. The molecule has 0 saturated heterocycles. The molecule has 0 aliphatic carbocycles. The first-order valence-corrected chi connectivity index (χ1v) is 10.2. The second kappa shape index (κ2) is 8.26. The molecular weight excluding hydrogens is 352 g/mol. The molecule has 0 aliphatic heterocycles. The average Bonchev–Trinajstić information content (AvgIpc) is 2.84. The third kappa shape index (κ3) is 6.24. The highest BCUT2D eigenvalue weighted by atomic mass is 35.5. The van der Waals surface area contributed by atoms with Crippen molar-refractivity contribution in [3.63, 3.8) is 0 Å². The number of benzene rings is 1. The Balaban J connectivity index is 1.99. The van der Waals surface area contributed by atoms with Crippen molar-refractivity contribution in [2.24, 2.45) is 0 Å². The Hall–Kier alpha value is -0.920. The molecule has 0 amide bonds. The van der Waals surface area contributed by atoms with E-state index in [9.17, 15) is 8.42 Å². The highest BCUT2D eigenvalue weighted by Crippen LogP contribution is 2.21. The summed E-state index contributed by atoms with van der Waals surface area (Å²) in [5.74, 6) is -0.00609. The first-order valence-electron chi connectivity index (χ1n) is 7.37. The van der Waals surface area contributed by atoms with Crippen LogP contribution in [0, 0.1) is 0 Å². The molecule has 0 radical (unpaired) electrons. The van der Waals surface area contributed by atoms with Crippen molar-refractivity contribution < 1.29 is 8.42 Å². The van der Waals surface area contributed by atoms with Gasteiger partial charge in [0.15, 0.2) is 0 Å². The fraction of sp³-hybridized carbons (Fsp3) is 0.375. The van der Waals surface area contributed by atoms with Gasteiger partial charge in [0.1, 0.15) is 0 Å². The van der Waals surface area contributed by atoms with Crippen LogP contribution in [0.25, 0.3) is 0 Å². The Morgan fingerprint density at radius 2 is 1.78 bits per heavy atom. The van der Waals surface area contributed by atoms with Gasteiger partial charge < -0.3 is 5.32 Å². The maximum atomic E-state index is 12.1. The number of hydrogen-bond donors (Lipinski definition) is 2. The zero-order chi connectivity index (χ0) is 16.9. The fourth-order valence-corrected chi connectivity index (χ4v) is 4.79. The normalized spacial score (nSPS) is 12.0. The molecule has 0 saturated carbocycles. The quantitative estimate of drug-likeness (QED) is 0.745. The van der Waals surface area contributed by atoms with E-state index in [4.69, 9.17) is 11.6 Å². The number of halogens is 1. The predicted octanol–water partition coefficient (Wildman–Crippen LogP) is 3.52. The molecule has 1 aromatic carbocycles. The zero-order valence-electron chi connectivity index (χ0n) is 13.2. The van der Waals surface area contributed by atoms with E-state index in [1.165, 1.54) is 0 Å². The van der Waals surface area contributed by atoms with Crippen LogP contribution < -0.4 is 10.0 Å².